The van der Waals surface area contributed by atoms with Gasteiger partial charge in [0.25, 0.3) is 5.91 Å². The van der Waals surface area contributed by atoms with Crippen LogP contribution in [0, 0.1) is 0 Å². The van der Waals surface area contributed by atoms with Crippen LogP contribution < -0.4 is 11.1 Å². The summed E-state index contributed by atoms with van der Waals surface area (Å²) >= 11 is 0. The average Bonchev–Trinajstić information content (AvgIpc) is 3.06. The van der Waals surface area contributed by atoms with Gasteiger partial charge < -0.3 is 11.1 Å². The zero-order chi connectivity index (χ0) is 21.6. The second-order valence-electron chi connectivity index (χ2n) is 7.27. The maximum Gasteiger partial charge on any atom is 0.257 e. The lowest BCUT2D eigenvalue weighted by Crippen LogP contribution is -2.25. The molecule has 4 rings (SSSR count). The Balaban J connectivity index is 1.75. The van der Waals surface area contributed by atoms with Crippen molar-refractivity contribution in [1.29, 1.82) is 0 Å². The zero-order valence-electron chi connectivity index (χ0n) is 17.5. The fourth-order valence-corrected chi connectivity index (χ4v) is 3.40. The number of hydrogen-bond acceptors (Lipinski definition) is 6. The number of rotatable bonds is 8. The number of benzene rings is 1. The van der Waals surface area contributed by atoms with Crippen molar-refractivity contribution >= 4 is 40.1 Å². The Hall–Kier alpha value is -3.81. The number of anilines is 1. The van der Waals surface area contributed by atoms with E-state index in [0.29, 0.717) is 40.0 Å². The van der Waals surface area contributed by atoms with Crippen LogP contribution in [0.2, 0.25) is 0 Å². The largest absolute Gasteiger partial charge is 0.383 e. The van der Waals surface area contributed by atoms with Crippen LogP contribution in [0.1, 0.15) is 48.7 Å². The van der Waals surface area contributed by atoms with E-state index in [1.165, 1.54) is 4.68 Å². The third-order valence-corrected chi connectivity index (χ3v) is 5.01. The van der Waals surface area contributed by atoms with Gasteiger partial charge in [0.05, 0.1) is 22.9 Å². The molecular weight excluding hydrogens is 390 g/mol. The van der Waals surface area contributed by atoms with E-state index in [1.807, 2.05) is 42.5 Å². The van der Waals surface area contributed by atoms with Crippen LogP contribution in [0.3, 0.4) is 0 Å². The van der Waals surface area contributed by atoms with Crippen molar-refractivity contribution in [2.75, 3.05) is 12.3 Å². The number of amides is 1. The van der Waals surface area contributed by atoms with Gasteiger partial charge in [0.1, 0.15) is 16.9 Å². The molecule has 4 aromatic rings. The van der Waals surface area contributed by atoms with E-state index in [-0.39, 0.29) is 11.7 Å². The minimum Gasteiger partial charge on any atom is -0.383 e. The second kappa shape index (κ2) is 9.34. The number of fused-ring (bicyclic) bond motifs is 2. The average molecular weight is 416 g/mol. The normalized spacial score (nSPS) is 11.5. The quantitative estimate of drug-likeness (QED) is 0.336. The first kappa shape index (κ1) is 20.5. The van der Waals surface area contributed by atoms with Crippen LogP contribution in [0.5, 0.6) is 0 Å². The van der Waals surface area contributed by atoms with Gasteiger partial charge in [0, 0.05) is 12.7 Å². The van der Waals surface area contributed by atoms with Gasteiger partial charge in [-0.1, -0.05) is 44.4 Å². The van der Waals surface area contributed by atoms with Gasteiger partial charge in [-0.25, -0.2) is 9.97 Å². The SMILES string of the molecule is CCCCCCNC(=O)c1c(N)n(/N=C/c2ccccn2)c2nc3ccccc3nc12. The molecule has 0 radical (unpaired) electrons. The van der Waals surface area contributed by atoms with E-state index in [2.05, 4.69) is 32.3 Å². The van der Waals surface area contributed by atoms with E-state index in [9.17, 15) is 4.79 Å². The summed E-state index contributed by atoms with van der Waals surface area (Å²) in [4.78, 5) is 26.6. The van der Waals surface area contributed by atoms with Crippen molar-refractivity contribution in [1.82, 2.24) is 24.9 Å². The maximum absolute atomic E-state index is 13.0. The smallest absolute Gasteiger partial charge is 0.257 e. The number of pyridine rings is 1. The van der Waals surface area contributed by atoms with Crippen LogP contribution >= 0.6 is 0 Å². The predicted molar refractivity (Wildman–Crippen MR) is 123 cm³/mol. The molecule has 0 aliphatic heterocycles. The number of unbranched alkanes of at least 4 members (excludes halogenated alkanes) is 3. The first-order valence-electron chi connectivity index (χ1n) is 10.5. The molecule has 0 aliphatic carbocycles. The standard InChI is InChI=1S/C23H25N7O/c1-2-3-4-8-14-26-23(31)19-20-22(29-18-12-6-5-11-17(18)28-20)30(21(19)24)27-15-16-10-7-9-13-25-16/h5-7,9-13,15H,2-4,8,14,24H2,1H3,(H,26,31)/b27-15+. The summed E-state index contributed by atoms with van der Waals surface area (Å²) in [5, 5.41) is 7.42. The Kier molecular flexibility index (Phi) is 6.16. The Morgan fingerprint density at radius 1 is 1.10 bits per heavy atom. The highest BCUT2D eigenvalue weighted by atomic mass is 16.1. The number of nitrogen functional groups attached to an aromatic ring is 1. The van der Waals surface area contributed by atoms with Crippen molar-refractivity contribution in [2.45, 2.75) is 32.6 Å². The minimum absolute atomic E-state index is 0.198. The summed E-state index contributed by atoms with van der Waals surface area (Å²) in [6.45, 7) is 2.74. The van der Waals surface area contributed by atoms with Crippen LogP contribution in [0.25, 0.3) is 22.2 Å². The number of carbonyl (C=O) groups is 1. The molecule has 3 heterocycles. The monoisotopic (exact) mass is 415 g/mol. The summed E-state index contributed by atoms with van der Waals surface area (Å²) in [7, 11) is 0. The molecule has 31 heavy (non-hydrogen) atoms. The Morgan fingerprint density at radius 3 is 2.61 bits per heavy atom. The lowest BCUT2D eigenvalue weighted by Gasteiger charge is -2.05. The highest BCUT2D eigenvalue weighted by molar-refractivity contribution is 6.10. The molecule has 0 bridgehead atoms. The Labute approximate surface area is 180 Å². The molecule has 0 spiro atoms. The first-order chi connectivity index (χ1) is 15.2. The number of nitrogens with zero attached hydrogens (tertiary/aromatic N) is 5. The lowest BCUT2D eigenvalue weighted by atomic mass is 10.2. The van der Waals surface area contributed by atoms with Crippen molar-refractivity contribution in [3.63, 3.8) is 0 Å². The van der Waals surface area contributed by atoms with E-state index < -0.39 is 0 Å². The molecule has 158 valence electrons. The lowest BCUT2D eigenvalue weighted by molar-refractivity contribution is 0.0955. The first-order valence-corrected chi connectivity index (χ1v) is 10.5. The van der Waals surface area contributed by atoms with Crippen LogP contribution in [-0.2, 0) is 0 Å². The molecular formula is C23H25N7O. The van der Waals surface area contributed by atoms with Crippen molar-refractivity contribution in [3.05, 3.63) is 59.9 Å². The van der Waals surface area contributed by atoms with Gasteiger partial charge in [-0.15, -0.1) is 0 Å². The summed E-state index contributed by atoms with van der Waals surface area (Å²) in [6.07, 6.45) is 7.56. The van der Waals surface area contributed by atoms with Crippen molar-refractivity contribution in [2.24, 2.45) is 5.10 Å². The molecule has 0 aliphatic rings. The predicted octanol–water partition coefficient (Wildman–Crippen LogP) is 3.75. The molecule has 3 aromatic heterocycles. The van der Waals surface area contributed by atoms with Crippen molar-refractivity contribution in [3.8, 4) is 0 Å². The highest BCUT2D eigenvalue weighted by Gasteiger charge is 2.23. The molecule has 0 saturated carbocycles. The second-order valence-corrected chi connectivity index (χ2v) is 7.27. The van der Waals surface area contributed by atoms with E-state index in [0.717, 1.165) is 25.7 Å². The van der Waals surface area contributed by atoms with Gasteiger partial charge in [0.15, 0.2) is 5.65 Å². The third kappa shape index (κ3) is 4.37. The molecule has 0 fully saturated rings. The number of para-hydroxylation sites is 2. The molecule has 0 atom stereocenters. The highest BCUT2D eigenvalue weighted by Crippen LogP contribution is 2.27. The van der Waals surface area contributed by atoms with Gasteiger partial charge in [-0.3, -0.25) is 9.78 Å². The van der Waals surface area contributed by atoms with Gasteiger partial charge in [-0.2, -0.15) is 9.78 Å². The topological polar surface area (TPSA) is 111 Å². The zero-order valence-corrected chi connectivity index (χ0v) is 17.5. The molecule has 1 amide bonds. The minimum atomic E-state index is -0.268. The number of nitrogens with two attached hydrogens (primary N) is 1. The van der Waals surface area contributed by atoms with Crippen LogP contribution in [0.4, 0.5) is 5.82 Å². The Bertz CT molecular complexity index is 1230. The molecule has 8 heteroatoms. The number of hydrogen-bond donors (Lipinski definition) is 2. The van der Waals surface area contributed by atoms with Gasteiger partial charge in [-0.05, 0) is 30.7 Å². The maximum atomic E-state index is 13.0. The molecule has 0 unspecified atom stereocenters. The third-order valence-electron chi connectivity index (χ3n) is 5.01. The van der Waals surface area contributed by atoms with Crippen LogP contribution in [-0.4, -0.2) is 38.3 Å². The molecule has 8 nitrogen and oxygen atoms in total. The molecule has 0 saturated heterocycles. The molecule has 3 N–H and O–H groups in total. The summed E-state index contributed by atoms with van der Waals surface area (Å²) in [5.74, 6) is -0.0705. The number of nitrogens with one attached hydrogen (secondary N) is 1. The van der Waals surface area contributed by atoms with Gasteiger partial charge >= 0.3 is 0 Å². The van der Waals surface area contributed by atoms with Crippen LogP contribution in [0.15, 0.2) is 53.8 Å². The van der Waals surface area contributed by atoms with E-state index >= 15 is 0 Å². The van der Waals surface area contributed by atoms with E-state index in [1.54, 1.807) is 12.4 Å². The Morgan fingerprint density at radius 2 is 1.87 bits per heavy atom. The van der Waals surface area contributed by atoms with E-state index in [4.69, 9.17) is 5.73 Å². The molecule has 1 aromatic carbocycles. The number of aromatic nitrogens is 4. The summed E-state index contributed by atoms with van der Waals surface area (Å²) in [6, 6.07) is 13.0. The van der Waals surface area contributed by atoms with Gasteiger partial charge in [0.2, 0.25) is 0 Å². The summed E-state index contributed by atoms with van der Waals surface area (Å²) < 4.78 is 1.45. The number of carbonyl (C=O) groups excluding carboxylic acids is 1. The summed E-state index contributed by atoms with van der Waals surface area (Å²) in [5.41, 5.74) is 9.60. The fourth-order valence-electron chi connectivity index (χ4n) is 3.40. The fraction of sp³-hybridized carbons (Fsp3) is 0.261. The van der Waals surface area contributed by atoms with Crippen molar-refractivity contribution < 1.29 is 4.79 Å².